The number of hydrogen-bond acceptors (Lipinski definition) is 7. The van der Waals surface area contributed by atoms with Gasteiger partial charge in [-0.05, 0) is 87.0 Å². The van der Waals surface area contributed by atoms with Gasteiger partial charge in [-0.1, -0.05) is 29.8 Å². The van der Waals surface area contributed by atoms with Crippen LogP contribution in [0.25, 0.3) is 0 Å². The summed E-state index contributed by atoms with van der Waals surface area (Å²) in [6.45, 7) is 2.51. The number of hydrogen-bond donors (Lipinski definition) is 2. The highest BCUT2D eigenvalue weighted by atomic mass is 35.5. The molecule has 2 aromatic carbocycles. The van der Waals surface area contributed by atoms with Gasteiger partial charge in [0.1, 0.15) is 5.02 Å². The van der Waals surface area contributed by atoms with Crippen molar-refractivity contribution in [3.05, 3.63) is 64.8 Å². The number of likely N-dealkylation sites (tertiary alicyclic amines) is 1. The highest BCUT2D eigenvalue weighted by Crippen LogP contribution is 2.31. The van der Waals surface area contributed by atoms with Gasteiger partial charge in [0.2, 0.25) is 5.95 Å². The summed E-state index contributed by atoms with van der Waals surface area (Å²) in [7, 11) is -0.973. The molecular formula is C27H33ClN6OS. The molecule has 0 radical (unpaired) electrons. The van der Waals surface area contributed by atoms with Crippen molar-refractivity contribution < 1.29 is 4.21 Å². The minimum atomic E-state index is -2.53. The van der Waals surface area contributed by atoms with Crippen LogP contribution in [0.3, 0.4) is 0 Å². The number of aromatic nitrogens is 2. The molecule has 0 saturated carbocycles. The second-order valence-corrected chi connectivity index (χ2v) is 12.4. The first-order chi connectivity index (χ1) is 17.4. The molecule has 1 aromatic heterocycles. The van der Waals surface area contributed by atoms with E-state index in [9.17, 15) is 4.21 Å². The molecular weight excluding hydrogens is 492 g/mol. The minimum absolute atomic E-state index is 0.376. The zero-order valence-electron chi connectivity index (χ0n) is 20.8. The molecule has 2 atom stereocenters. The molecule has 2 N–H and O–H groups in total. The molecule has 0 amide bonds. The molecule has 1 aliphatic heterocycles. The number of benzene rings is 2. The Bertz CT molecular complexity index is 1360. The average molecular weight is 525 g/mol. The summed E-state index contributed by atoms with van der Waals surface area (Å²) in [6.07, 6.45) is 10.5. The van der Waals surface area contributed by atoms with Crippen molar-refractivity contribution in [3.63, 3.8) is 0 Å². The van der Waals surface area contributed by atoms with E-state index < -0.39 is 9.73 Å². The molecule has 1 unspecified atom stereocenters. The molecule has 2 aliphatic rings. The second-order valence-electron chi connectivity index (χ2n) is 9.58. The van der Waals surface area contributed by atoms with Crippen LogP contribution < -0.4 is 10.6 Å². The maximum atomic E-state index is 12.9. The minimum Gasteiger partial charge on any atom is -0.338 e. The van der Waals surface area contributed by atoms with E-state index in [2.05, 4.69) is 48.1 Å². The van der Waals surface area contributed by atoms with Crippen molar-refractivity contribution in [1.29, 1.82) is 0 Å². The van der Waals surface area contributed by atoms with E-state index in [0.29, 0.717) is 33.4 Å². The number of anilines is 4. The average Bonchev–Trinajstić information content (AvgIpc) is 3.34. The highest BCUT2D eigenvalue weighted by Gasteiger charge is 2.24. The van der Waals surface area contributed by atoms with E-state index in [-0.39, 0.29) is 0 Å². The van der Waals surface area contributed by atoms with Crippen LogP contribution in [0, 0.1) is 0 Å². The largest absolute Gasteiger partial charge is 0.338 e. The first kappa shape index (κ1) is 25.0. The van der Waals surface area contributed by atoms with Crippen molar-refractivity contribution in [2.24, 2.45) is 4.36 Å². The van der Waals surface area contributed by atoms with Crippen LogP contribution in [0.1, 0.15) is 36.8 Å². The van der Waals surface area contributed by atoms with Crippen molar-refractivity contribution in [3.8, 4) is 0 Å². The van der Waals surface area contributed by atoms with Crippen LogP contribution in [0.15, 0.2) is 57.9 Å². The predicted octanol–water partition coefficient (Wildman–Crippen LogP) is 6.05. The zero-order valence-corrected chi connectivity index (χ0v) is 22.4. The van der Waals surface area contributed by atoms with Gasteiger partial charge in [-0.2, -0.15) is 4.98 Å². The Labute approximate surface area is 218 Å². The summed E-state index contributed by atoms with van der Waals surface area (Å²) in [5, 5.41) is 6.95. The van der Waals surface area contributed by atoms with Gasteiger partial charge in [0, 0.05) is 25.0 Å². The number of rotatable bonds is 6. The molecule has 5 rings (SSSR count). The van der Waals surface area contributed by atoms with E-state index in [4.69, 9.17) is 11.6 Å². The third-order valence-corrected chi connectivity index (χ3v) is 9.40. The van der Waals surface area contributed by atoms with Crippen LogP contribution in [0.5, 0.6) is 0 Å². The molecule has 0 bridgehead atoms. The maximum absolute atomic E-state index is 12.9. The van der Waals surface area contributed by atoms with Crippen molar-refractivity contribution in [2.45, 2.75) is 49.5 Å². The standard InChI is InChI=1S/C27H33ClN6OS/c1-29-36(2,35)25-8-4-3-7-24(25)32-26-23(28)18-30-27(33-26)31-21-12-9-19-10-13-22(14-11-20(19)17-21)34-15-5-6-16-34/h3-4,7-9,12,17-18,22H,5-6,10-11,13-16H2,1-2H3,(H2,30,31,32,33)/t22-,36?/m0/s1. The summed E-state index contributed by atoms with van der Waals surface area (Å²) in [4.78, 5) is 12.3. The number of nitrogens with one attached hydrogen (secondary N) is 2. The van der Waals surface area contributed by atoms with Crippen molar-refractivity contribution >= 4 is 44.5 Å². The molecule has 9 heteroatoms. The molecule has 2 heterocycles. The third kappa shape index (κ3) is 5.51. The van der Waals surface area contributed by atoms with Crippen LogP contribution >= 0.6 is 11.6 Å². The van der Waals surface area contributed by atoms with E-state index in [1.165, 1.54) is 49.9 Å². The Morgan fingerprint density at radius 3 is 2.58 bits per heavy atom. The van der Waals surface area contributed by atoms with Crippen LogP contribution in [0.2, 0.25) is 5.02 Å². The molecule has 7 nitrogen and oxygen atoms in total. The SMILES string of the molecule is CN=S(C)(=O)c1ccccc1Nc1nc(Nc2ccc3c(c2)CC[C@@H](N2CCCC2)CC3)ncc1Cl. The predicted molar refractivity (Wildman–Crippen MR) is 148 cm³/mol. The smallest absolute Gasteiger partial charge is 0.229 e. The summed E-state index contributed by atoms with van der Waals surface area (Å²) in [6, 6.07) is 14.6. The van der Waals surface area contributed by atoms with E-state index in [1.807, 2.05) is 18.2 Å². The van der Waals surface area contributed by atoms with E-state index >= 15 is 0 Å². The number of nitrogens with zero attached hydrogens (tertiary/aromatic N) is 4. The van der Waals surface area contributed by atoms with Gasteiger partial charge in [0.15, 0.2) is 5.82 Å². The molecule has 1 saturated heterocycles. The maximum Gasteiger partial charge on any atom is 0.229 e. The summed E-state index contributed by atoms with van der Waals surface area (Å²) in [5.74, 6) is 0.886. The molecule has 1 aliphatic carbocycles. The molecule has 3 aromatic rings. The lowest BCUT2D eigenvalue weighted by atomic mass is 10.0. The van der Waals surface area contributed by atoms with Gasteiger partial charge < -0.3 is 15.5 Å². The fraction of sp³-hybridized carbons (Fsp3) is 0.407. The fourth-order valence-corrected chi connectivity index (χ4v) is 6.40. The first-order valence-electron chi connectivity index (χ1n) is 12.5. The Morgan fingerprint density at radius 2 is 1.81 bits per heavy atom. The van der Waals surface area contributed by atoms with Gasteiger partial charge in [-0.15, -0.1) is 0 Å². The number of aryl methyl sites for hydroxylation is 2. The Morgan fingerprint density at radius 1 is 1.06 bits per heavy atom. The highest BCUT2D eigenvalue weighted by molar-refractivity contribution is 7.93. The first-order valence-corrected chi connectivity index (χ1v) is 14.8. The molecule has 190 valence electrons. The van der Waals surface area contributed by atoms with Crippen molar-refractivity contribution in [1.82, 2.24) is 14.9 Å². The fourth-order valence-electron chi connectivity index (χ4n) is 5.21. The Hall–Kier alpha value is -2.68. The number of fused-ring (bicyclic) bond motifs is 1. The van der Waals surface area contributed by atoms with Gasteiger partial charge >= 0.3 is 0 Å². The second kappa shape index (κ2) is 10.7. The number of halogens is 1. The Balaban J connectivity index is 1.33. The van der Waals surface area contributed by atoms with Gasteiger partial charge in [0.05, 0.1) is 26.5 Å². The summed E-state index contributed by atoms with van der Waals surface area (Å²) >= 11 is 6.42. The molecule has 1 fully saturated rings. The monoisotopic (exact) mass is 524 g/mol. The van der Waals surface area contributed by atoms with Gasteiger partial charge in [-0.3, -0.25) is 0 Å². The lowest BCUT2D eigenvalue weighted by molar-refractivity contribution is 0.222. The van der Waals surface area contributed by atoms with Crippen LogP contribution in [0.4, 0.5) is 23.1 Å². The molecule has 0 spiro atoms. The quantitative estimate of drug-likeness (QED) is 0.382. The third-order valence-electron chi connectivity index (χ3n) is 7.25. The summed E-state index contributed by atoms with van der Waals surface area (Å²) < 4.78 is 17.0. The topological polar surface area (TPSA) is 82.5 Å². The zero-order chi connectivity index (χ0) is 25.1. The van der Waals surface area contributed by atoms with Gasteiger partial charge in [0.25, 0.3) is 0 Å². The normalized spacial score (nSPS) is 19.7. The summed E-state index contributed by atoms with van der Waals surface area (Å²) in [5.41, 5.74) is 4.47. The van der Waals surface area contributed by atoms with E-state index in [0.717, 1.165) is 18.5 Å². The molecule has 36 heavy (non-hydrogen) atoms. The lowest BCUT2D eigenvalue weighted by Gasteiger charge is -2.25. The van der Waals surface area contributed by atoms with Gasteiger partial charge in [-0.25, -0.2) is 13.6 Å². The Kier molecular flexibility index (Phi) is 7.46. The van der Waals surface area contributed by atoms with Crippen molar-refractivity contribution in [2.75, 3.05) is 37.0 Å². The van der Waals surface area contributed by atoms with E-state index in [1.54, 1.807) is 25.6 Å². The number of para-hydroxylation sites is 1. The lowest BCUT2D eigenvalue weighted by Crippen LogP contribution is -2.32. The van der Waals surface area contributed by atoms with Crippen LogP contribution in [-0.2, 0) is 22.6 Å². The van der Waals surface area contributed by atoms with Crippen LogP contribution in [-0.4, -0.2) is 51.5 Å².